The summed E-state index contributed by atoms with van der Waals surface area (Å²) in [5.41, 5.74) is 5.29. The number of carboxylic acid groups (broad SMARTS) is 1. The molecule has 0 unspecified atom stereocenters. The molecule has 0 aliphatic heterocycles. The first kappa shape index (κ1) is 11.4. The average Bonchev–Trinajstić information content (AvgIpc) is 2.97. The first-order valence-electron chi connectivity index (χ1n) is 5.85. The molecular formula is C11H18N2O3. The highest BCUT2D eigenvalue weighted by Crippen LogP contribution is 2.35. The summed E-state index contributed by atoms with van der Waals surface area (Å²) in [5, 5.41) is 8.65. The van der Waals surface area contributed by atoms with Gasteiger partial charge in [0.15, 0.2) is 0 Å². The Hall–Kier alpha value is -1.10. The monoisotopic (exact) mass is 226 g/mol. The SMILES string of the molecule is NC1(C(=O)N(CCC(=O)O)C2CC2)CCC1. The lowest BCUT2D eigenvalue weighted by Crippen LogP contribution is -2.60. The smallest absolute Gasteiger partial charge is 0.305 e. The number of amides is 1. The number of aliphatic carboxylic acids is 1. The fourth-order valence-electron chi connectivity index (χ4n) is 2.11. The predicted octanol–water partition coefficient (Wildman–Crippen LogP) is 0.333. The van der Waals surface area contributed by atoms with Gasteiger partial charge in [-0.15, -0.1) is 0 Å². The second-order valence-electron chi connectivity index (χ2n) is 4.88. The summed E-state index contributed by atoms with van der Waals surface area (Å²) in [6, 6.07) is 0.243. The molecule has 0 aromatic carbocycles. The van der Waals surface area contributed by atoms with Gasteiger partial charge < -0.3 is 15.7 Å². The van der Waals surface area contributed by atoms with Crippen molar-refractivity contribution in [3.63, 3.8) is 0 Å². The van der Waals surface area contributed by atoms with Crippen molar-refractivity contribution in [2.75, 3.05) is 6.54 Å². The summed E-state index contributed by atoms with van der Waals surface area (Å²) in [6.07, 6.45) is 4.46. The lowest BCUT2D eigenvalue weighted by atomic mass is 9.76. The molecule has 0 heterocycles. The molecule has 5 nitrogen and oxygen atoms in total. The highest BCUT2D eigenvalue weighted by atomic mass is 16.4. The van der Waals surface area contributed by atoms with Crippen LogP contribution in [-0.4, -0.2) is 40.0 Å². The van der Waals surface area contributed by atoms with Crippen molar-refractivity contribution in [1.29, 1.82) is 0 Å². The molecule has 0 radical (unpaired) electrons. The Kier molecular flexibility index (Phi) is 2.88. The van der Waals surface area contributed by atoms with E-state index in [0.717, 1.165) is 32.1 Å². The van der Waals surface area contributed by atoms with E-state index in [-0.39, 0.29) is 18.4 Å². The van der Waals surface area contributed by atoms with Crippen LogP contribution in [0.5, 0.6) is 0 Å². The summed E-state index contributed by atoms with van der Waals surface area (Å²) in [4.78, 5) is 24.4. The highest BCUT2D eigenvalue weighted by Gasteiger charge is 2.46. The van der Waals surface area contributed by atoms with Crippen molar-refractivity contribution in [2.24, 2.45) is 5.73 Å². The minimum absolute atomic E-state index is 0.0122. The zero-order valence-electron chi connectivity index (χ0n) is 9.32. The second-order valence-corrected chi connectivity index (χ2v) is 4.88. The number of nitrogens with two attached hydrogens (primary N) is 1. The molecule has 5 heteroatoms. The van der Waals surface area contributed by atoms with E-state index in [9.17, 15) is 9.59 Å². The standard InChI is InChI=1S/C11H18N2O3/c12-11(5-1-6-11)10(16)13(8-2-3-8)7-4-9(14)15/h8H,1-7,12H2,(H,14,15). The minimum Gasteiger partial charge on any atom is -0.481 e. The van der Waals surface area contributed by atoms with Gasteiger partial charge in [0.2, 0.25) is 5.91 Å². The zero-order chi connectivity index (χ0) is 11.8. The molecule has 3 N–H and O–H groups in total. The van der Waals surface area contributed by atoms with Gasteiger partial charge in [-0.05, 0) is 32.1 Å². The van der Waals surface area contributed by atoms with Crippen LogP contribution in [-0.2, 0) is 9.59 Å². The van der Waals surface area contributed by atoms with Crippen LogP contribution in [0.15, 0.2) is 0 Å². The Bertz CT molecular complexity index is 308. The van der Waals surface area contributed by atoms with Gasteiger partial charge in [-0.1, -0.05) is 0 Å². The maximum atomic E-state index is 12.1. The molecule has 16 heavy (non-hydrogen) atoms. The van der Waals surface area contributed by atoms with Crippen LogP contribution in [0.2, 0.25) is 0 Å². The Morgan fingerprint density at radius 2 is 2.00 bits per heavy atom. The molecular weight excluding hydrogens is 208 g/mol. The van der Waals surface area contributed by atoms with Crippen LogP contribution < -0.4 is 5.73 Å². The highest BCUT2D eigenvalue weighted by molar-refractivity contribution is 5.88. The van der Waals surface area contributed by atoms with Gasteiger partial charge >= 0.3 is 5.97 Å². The van der Waals surface area contributed by atoms with E-state index < -0.39 is 11.5 Å². The molecule has 1 amide bonds. The van der Waals surface area contributed by atoms with Gasteiger partial charge in [0.1, 0.15) is 0 Å². The lowest BCUT2D eigenvalue weighted by Gasteiger charge is -2.40. The van der Waals surface area contributed by atoms with Crippen molar-refractivity contribution < 1.29 is 14.7 Å². The third kappa shape index (κ3) is 2.19. The Balaban J connectivity index is 1.95. The molecule has 0 saturated heterocycles. The van der Waals surface area contributed by atoms with Crippen molar-refractivity contribution in [1.82, 2.24) is 4.90 Å². The fourth-order valence-corrected chi connectivity index (χ4v) is 2.11. The topological polar surface area (TPSA) is 83.6 Å². The summed E-state index contributed by atoms with van der Waals surface area (Å²) < 4.78 is 0. The van der Waals surface area contributed by atoms with Crippen LogP contribution >= 0.6 is 0 Å². The quantitative estimate of drug-likeness (QED) is 0.707. The normalized spacial score (nSPS) is 22.3. The molecule has 0 spiro atoms. The predicted molar refractivity (Wildman–Crippen MR) is 57.8 cm³/mol. The van der Waals surface area contributed by atoms with Gasteiger partial charge in [-0.3, -0.25) is 9.59 Å². The first-order valence-corrected chi connectivity index (χ1v) is 5.85. The Morgan fingerprint density at radius 1 is 1.38 bits per heavy atom. The zero-order valence-corrected chi connectivity index (χ0v) is 9.32. The van der Waals surface area contributed by atoms with Gasteiger partial charge in [0, 0.05) is 12.6 Å². The molecule has 2 aliphatic carbocycles. The number of rotatable bonds is 5. The third-order valence-electron chi connectivity index (χ3n) is 3.49. The van der Waals surface area contributed by atoms with E-state index in [0.29, 0.717) is 6.54 Å². The number of carboxylic acids is 1. The summed E-state index contributed by atoms with van der Waals surface area (Å²) in [7, 11) is 0. The summed E-state index contributed by atoms with van der Waals surface area (Å²) in [5.74, 6) is -0.902. The molecule has 0 aromatic rings. The van der Waals surface area contributed by atoms with Crippen molar-refractivity contribution in [3.8, 4) is 0 Å². The van der Waals surface area contributed by atoms with Gasteiger partial charge in [-0.2, -0.15) is 0 Å². The van der Waals surface area contributed by atoms with E-state index in [4.69, 9.17) is 10.8 Å². The van der Waals surface area contributed by atoms with E-state index in [1.165, 1.54) is 0 Å². The van der Waals surface area contributed by atoms with Crippen molar-refractivity contribution >= 4 is 11.9 Å². The second kappa shape index (κ2) is 4.05. The van der Waals surface area contributed by atoms with E-state index in [1.54, 1.807) is 4.90 Å². The molecule has 0 aromatic heterocycles. The van der Waals surface area contributed by atoms with Gasteiger partial charge in [0.05, 0.1) is 12.0 Å². The molecule has 2 rings (SSSR count). The van der Waals surface area contributed by atoms with Crippen LogP contribution in [0.4, 0.5) is 0 Å². The molecule has 90 valence electrons. The van der Waals surface area contributed by atoms with E-state index >= 15 is 0 Å². The van der Waals surface area contributed by atoms with E-state index in [2.05, 4.69) is 0 Å². The van der Waals surface area contributed by atoms with Crippen LogP contribution in [0.25, 0.3) is 0 Å². The fraction of sp³-hybridized carbons (Fsp3) is 0.818. The largest absolute Gasteiger partial charge is 0.481 e. The van der Waals surface area contributed by atoms with Crippen molar-refractivity contribution in [3.05, 3.63) is 0 Å². The Morgan fingerprint density at radius 3 is 2.38 bits per heavy atom. The molecule has 0 atom stereocenters. The van der Waals surface area contributed by atoms with E-state index in [1.807, 2.05) is 0 Å². The number of nitrogens with zero attached hydrogens (tertiary/aromatic N) is 1. The number of carbonyl (C=O) groups excluding carboxylic acids is 1. The average molecular weight is 226 g/mol. The van der Waals surface area contributed by atoms with Gasteiger partial charge in [-0.25, -0.2) is 0 Å². The number of hydrogen-bond donors (Lipinski definition) is 2. The van der Waals surface area contributed by atoms with Crippen LogP contribution in [0.1, 0.15) is 38.5 Å². The van der Waals surface area contributed by atoms with Crippen molar-refractivity contribution in [2.45, 2.75) is 50.1 Å². The molecule has 2 saturated carbocycles. The summed E-state index contributed by atoms with van der Waals surface area (Å²) >= 11 is 0. The van der Waals surface area contributed by atoms with Gasteiger partial charge in [0.25, 0.3) is 0 Å². The Labute approximate surface area is 94.6 Å². The molecule has 2 fully saturated rings. The maximum Gasteiger partial charge on any atom is 0.305 e. The van der Waals surface area contributed by atoms with Crippen LogP contribution in [0, 0.1) is 0 Å². The van der Waals surface area contributed by atoms with Crippen LogP contribution in [0.3, 0.4) is 0 Å². The lowest BCUT2D eigenvalue weighted by molar-refractivity contribution is -0.143. The third-order valence-corrected chi connectivity index (χ3v) is 3.49. The first-order chi connectivity index (χ1) is 7.53. The minimum atomic E-state index is -0.863. The summed E-state index contributed by atoms with van der Waals surface area (Å²) in [6.45, 7) is 0.303. The number of hydrogen-bond acceptors (Lipinski definition) is 3. The maximum absolute atomic E-state index is 12.1. The molecule has 2 aliphatic rings. The number of carbonyl (C=O) groups is 2. The molecule has 0 bridgehead atoms.